The van der Waals surface area contributed by atoms with Gasteiger partial charge in [0, 0.05) is 18.4 Å². The molecule has 0 unspecified atom stereocenters. The molecule has 110 valence electrons. The number of aryl methyl sites for hydroxylation is 1. The Morgan fingerprint density at radius 2 is 2.00 bits per heavy atom. The summed E-state index contributed by atoms with van der Waals surface area (Å²) in [7, 11) is 0. The minimum absolute atomic E-state index is 0.247. The molecule has 21 heavy (non-hydrogen) atoms. The average molecular weight is 284 g/mol. The molecule has 0 spiro atoms. The van der Waals surface area contributed by atoms with Crippen LogP contribution in [0.25, 0.3) is 0 Å². The normalized spacial score (nSPS) is 10.2. The Labute approximate surface area is 124 Å². The summed E-state index contributed by atoms with van der Waals surface area (Å²) >= 11 is 0. The smallest absolute Gasteiger partial charge is 0.319 e. The lowest BCUT2D eigenvalue weighted by Crippen LogP contribution is -2.28. The van der Waals surface area contributed by atoms with Crippen LogP contribution in [0.2, 0.25) is 0 Å². The van der Waals surface area contributed by atoms with E-state index in [2.05, 4.69) is 22.5 Å². The number of rotatable bonds is 5. The van der Waals surface area contributed by atoms with Crippen molar-refractivity contribution in [3.8, 4) is 0 Å². The fourth-order valence-corrected chi connectivity index (χ4v) is 2.02. The van der Waals surface area contributed by atoms with Gasteiger partial charge < -0.3 is 16.4 Å². The van der Waals surface area contributed by atoms with Gasteiger partial charge in [0.05, 0.1) is 12.2 Å². The Balaban J connectivity index is 1.89. The molecule has 1 heterocycles. The van der Waals surface area contributed by atoms with E-state index in [-0.39, 0.29) is 6.03 Å². The highest BCUT2D eigenvalue weighted by Gasteiger charge is 2.05. The topological polar surface area (TPSA) is 80.0 Å². The lowest BCUT2D eigenvalue weighted by Gasteiger charge is -2.10. The van der Waals surface area contributed by atoms with Crippen LogP contribution in [0, 0.1) is 0 Å². The number of anilines is 1. The summed E-state index contributed by atoms with van der Waals surface area (Å²) in [5.74, 6) is 0. The number of hydrogen-bond donors (Lipinski definition) is 3. The van der Waals surface area contributed by atoms with Crippen LogP contribution < -0.4 is 16.4 Å². The molecule has 0 saturated heterocycles. The predicted octanol–water partition coefficient (Wildman–Crippen LogP) is 2.42. The molecule has 1 aromatic heterocycles. The van der Waals surface area contributed by atoms with E-state index < -0.39 is 0 Å². The lowest BCUT2D eigenvalue weighted by atomic mass is 10.1. The van der Waals surface area contributed by atoms with Crippen molar-refractivity contribution in [2.75, 3.05) is 5.32 Å². The van der Waals surface area contributed by atoms with Crippen molar-refractivity contribution in [2.45, 2.75) is 26.4 Å². The van der Waals surface area contributed by atoms with Crippen LogP contribution in [-0.2, 0) is 19.5 Å². The predicted molar refractivity (Wildman–Crippen MR) is 83.8 cm³/mol. The summed E-state index contributed by atoms with van der Waals surface area (Å²) in [5.41, 5.74) is 9.34. The molecule has 0 radical (unpaired) electrons. The van der Waals surface area contributed by atoms with Crippen molar-refractivity contribution in [1.82, 2.24) is 10.3 Å². The maximum atomic E-state index is 11.9. The Kier molecular flexibility index (Phi) is 5.29. The molecule has 0 saturated carbocycles. The van der Waals surface area contributed by atoms with Gasteiger partial charge in [0.25, 0.3) is 0 Å². The van der Waals surface area contributed by atoms with Crippen LogP contribution in [0.15, 0.2) is 42.6 Å². The summed E-state index contributed by atoms with van der Waals surface area (Å²) in [5, 5.41) is 5.60. The molecule has 0 aliphatic heterocycles. The van der Waals surface area contributed by atoms with Crippen molar-refractivity contribution in [3.63, 3.8) is 0 Å². The maximum Gasteiger partial charge on any atom is 0.319 e. The average Bonchev–Trinajstić information content (AvgIpc) is 2.54. The molecule has 5 nitrogen and oxygen atoms in total. The van der Waals surface area contributed by atoms with Crippen LogP contribution in [0.4, 0.5) is 10.5 Å². The second-order valence-corrected chi connectivity index (χ2v) is 4.67. The second-order valence-electron chi connectivity index (χ2n) is 4.67. The molecule has 4 N–H and O–H groups in total. The molecule has 5 heteroatoms. The molecule has 0 aliphatic rings. The van der Waals surface area contributed by atoms with Crippen LogP contribution >= 0.6 is 0 Å². The highest BCUT2D eigenvalue weighted by atomic mass is 16.2. The molecule has 0 atom stereocenters. The summed E-state index contributed by atoms with van der Waals surface area (Å²) in [6.45, 7) is 2.97. The van der Waals surface area contributed by atoms with Crippen molar-refractivity contribution in [1.29, 1.82) is 0 Å². The molecule has 0 fully saturated rings. The molecule has 2 rings (SSSR count). The van der Waals surface area contributed by atoms with Gasteiger partial charge in [-0.15, -0.1) is 0 Å². The number of nitrogens with one attached hydrogen (secondary N) is 2. The van der Waals surface area contributed by atoms with Gasteiger partial charge >= 0.3 is 6.03 Å². The highest BCUT2D eigenvalue weighted by molar-refractivity contribution is 5.89. The maximum absolute atomic E-state index is 11.9. The Morgan fingerprint density at radius 1 is 1.24 bits per heavy atom. The van der Waals surface area contributed by atoms with Gasteiger partial charge in [0.1, 0.15) is 0 Å². The first kappa shape index (κ1) is 15.0. The number of nitrogens with two attached hydrogens (primary N) is 1. The van der Waals surface area contributed by atoms with Gasteiger partial charge in [-0.1, -0.05) is 25.1 Å². The fraction of sp³-hybridized carbons (Fsp3) is 0.250. The van der Waals surface area contributed by atoms with Gasteiger partial charge in [-0.3, -0.25) is 4.98 Å². The van der Waals surface area contributed by atoms with Gasteiger partial charge in [0.15, 0.2) is 0 Å². The minimum Gasteiger partial charge on any atom is -0.332 e. The van der Waals surface area contributed by atoms with E-state index in [0.29, 0.717) is 13.1 Å². The van der Waals surface area contributed by atoms with E-state index >= 15 is 0 Å². The van der Waals surface area contributed by atoms with Gasteiger partial charge in [0.2, 0.25) is 0 Å². The third kappa shape index (κ3) is 4.29. The number of nitrogens with zero attached hydrogens (tertiary/aromatic N) is 1. The summed E-state index contributed by atoms with van der Waals surface area (Å²) in [4.78, 5) is 16.2. The third-order valence-corrected chi connectivity index (χ3v) is 3.23. The van der Waals surface area contributed by atoms with Crippen LogP contribution in [0.3, 0.4) is 0 Å². The molecule has 1 aromatic carbocycles. The number of pyridine rings is 1. The van der Waals surface area contributed by atoms with Gasteiger partial charge in [-0.05, 0) is 35.7 Å². The molecular formula is C16H20N4O. The summed E-state index contributed by atoms with van der Waals surface area (Å²) in [6, 6.07) is 11.1. The molecule has 2 aromatic rings. The van der Waals surface area contributed by atoms with Crippen LogP contribution in [0.1, 0.15) is 23.7 Å². The first-order valence-electron chi connectivity index (χ1n) is 6.99. The van der Waals surface area contributed by atoms with E-state index in [1.807, 2.05) is 36.4 Å². The zero-order valence-electron chi connectivity index (χ0n) is 12.1. The van der Waals surface area contributed by atoms with Crippen molar-refractivity contribution < 1.29 is 4.79 Å². The molecule has 0 bridgehead atoms. The SMILES string of the molecule is CCc1cccnc1CNC(=O)Nc1ccc(CN)cc1. The zero-order valence-corrected chi connectivity index (χ0v) is 12.1. The number of hydrogen-bond acceptors (Lipinski definition) is 3. The molecular weight excluding hydrogens is 264 g/mol. The lowest BCUT2D eigenvalue weighted by molar-refractivity contribution is 0.251. The number of urea groups is 1. The number of carbonyl (C=O) groups excluding carboxylic acids is 1. The number of aromatic nitrogens is 1. The zero-order chi connectivity index (χ0) is 15.1. The fourth-order valence-electron chi connectivity index (χ4n) is 2.02. The first-order chi connectivity index (χ1) is 10.2. The van der Waals surface area contributed by atoms with E-state index in [9.17, 15) is 4.79 Å². The summed E-state index contributed by atoms with van der Waals surface area (Å²) < 4.78 is 0. The quantitative estimate of drug-likeness (QED) is 0.789. The summed E-state index contributed by atoms with van der Waals surface area (Å²) in [6.07, 6.45) is 2.63. The van der Waals surface area contributed by atoms with E-state index in [1.165, 1.54) is 0 Å². The highest BCUT2D eigenvalue weighted by Crippen LogP contribution is 2.09. The van der Waals surface area contributed by atoms with E-state index in [4.69, 9.17) is 5.73 Å². The van der Waals surface area contributed by atoms with Crippen molar-refractivity contribution in [2.24, 2.45) is 5.73 Å². The largest absolute Gasteiger partial charge is 0.332 e. The second kappa shape index (κ2) is 7.40. The molecule has 2 amide bonds. The standard InChI is InChI=1S/C16H20N4O/c1-2-13-4-3-9-18-15(13)11-19-16(21)20-14-7-5-12(10-17)6-8-14/h3-9H,2,10-11,17H2,1H3,(H2,19,20,21). The van der Waals surface area contributed by atoms with E-state index in [0.717, 1.165) is 28.9 Å². The Hall–Kier alpha value is -2.40. The minimum atomic E-state index is -0.247. The van der Waals surface area contributed by atoms with Gasteiger partial charge in [-0.25, -0.2) is 4.79 Å². The Morgan fingerprint density at radius 3 is 2.67 bits per heavy atom. The first-order valence-corrected chi connectivity index (χ1v) is 6.99. The van der Waals surface area contributed by atoms with Crippen molar-refractivity contribution in [3.05, 3.63) is 59.4 Å². The number of carbonyl (C=O) groups is 1. The van der Waals surface area contributed by atoms with Crippen molar-refractivity contribution >= 4 is 11.7 Å². The van der Waals surface area contributed by atoms with Crippen LogP contribution in [0.5, 0.6) is 0 Å². The van der Waals surface area contributed by atoms with E-state index in [1.54, 1.807) is 6.20 Å². The Bertz CT molecular complexity index is 595. The number of benzene rings is 1. The third-order valence-electron chi connectivity index (χ3n) is 3.23. The van der Waals surface area contributed by atoms with Gasteiger partial charge in [-0.2, -0.15) is 0 Å². The number of amides is 2. The van der Waals surface area contributed by atoms with Crippen LogP contribution in [-0.4, -0.2) is 11.0 Å². The molecule has 0 aliphatic carbocycles. The monoisotopic (exact) mass is 284 g/mol.